The fourth-order valence-corrected chi connectivity index (χ4v) is 2.12. The summed E-state index contributed by atoms with van der Waals surface area (Å²) in [6, 6.07) is 1.74. The molecular formula is C9H9BrF2N2. The first-order valence-electron chi connectivity index (χ1n) is 4.19. The molecule has 1 aromatic heterocycles. The molecule has 0 bridgehead atoms. The normalized spacial score (nSPS) is 22.9. The number of aromatic nitrogens is 1. The minimum Gasteiger partial charge on any atom is -0.321 e. The maximum atomic E-state index is 12.7. The van der Waals surface area contributed by atoms with Crippen LogP contribution in [0.25, 0.3) is 0 Å². The second-order valence-electron chi connectivity index (χ2n) is 3.76. The van der Waals surface area contributed by atoms with Gasteiger partial charge >= 0.3 is 0 Å². The predicted molar refractivity (Wildman–Crippen MR) is 52.0 cm³/mol. The third kappa shape index (κ3) is 1.66. The molecule has 1 aliphatic rings. The van der Waals surface area contributed by atoms with E-state index < -0.39 is 11.5 Å². The molecule has 2 rings (SSSR count). The van der Waals surface area contributed by atoms with Crippen molar-refractivity contribution in [2.24, 2.45) is 5.73 Å². The van der Waals surface area contributed by atoms with Gasteiger partial charge in [0.25, 0.3) is 5.92 Å². The van der Waals surface area contributed by atoms with Crippen molar-refractivity contribution in [1.82, 2.24) is 4.98 Å². The van der Waals surface area contributed by atoms with E-state index in [4.69, 9.17) is 5.73 Å². The molecule has 0 unspecified atom stereocenters. The Morgan fingerprint density at radius 3 is 2.50 bits per heavy atom. The van der Waals surface area contributed by atoms with Crippen LogP contribution in [0.5, 0.6) is 0 Å². The molecule has 76 valence electrons. The molecule has 2 nitrogen and oxygen atoms in total. The van der Waals surface area contributed by atoms with Crippen molar-refractivity contribution < 1.29 is 8.78 Å². The summed E-state index contributed by atoms with van der Waals surface area (Å²) in [7, 11) is 0. The Hall–Kier alpha value is -0.550. The molecule has 0 aromatic carbocycles. The van der Waals surface area contributed by atoms with E-state index in [1.54, 1.807) is 18.5 Å². The summed E-state index contributed by atoms with van der Waals surface area (Å²) in [5, 5.41) is 0. The number of alkyl halides is 2. The maximum Gasteiger partial charge on any atom is 0.252 e. The highest BCUT2D eigenvalue weighted by atomic mass is 79.9. The Morgan fingerprint density at radius 2 is 2.00 bits per heavy atom. The molecule has 14 heavy (non-hydrogen) atoms. The summed E-state index contributed by atoms with van der Waals surface area (Å²) in [5.74, 6) is -2.61. The summed E-state index contributed by atoms with van der Waals surface area (Å²) >= 11 is 3.23. The van der Waals surface area contributed by atoms with Gasteiger partial charge in [-0.3, -0.25) is 4.98 Å². The molecule has 0 amide bonds. The lowest BCUT2D eigenvalue weighted by atomic mass is 9.70. The number of pyridine rings is 1. The van der Waals surface area contributed by atoms with Gasteiger partial charge < -0.3 is 5.73 Å². The number of hydrogen-bond donors (Lipinski definition) is 1. The lowest BCUT2D eigenvalue weighted by Crippen LogP contribution is -2.55. The van der Waals surface area contributed by atoms with Crippen molar-refractivity contribution in [3.05, 3.63) is 28.5 Å². The summed E-state index contributed by atoms with van der Waals surface area (Å²) < 4.78 is 26.2. The molecule has 0 aliphatic heterocycles. The largest absolute Gasteiger partial charge is 0.321 e. The molecule has 2 N–H and O–H groups in total. The van der Waals surface area contributed by atoms with E-state index in [1.165, 1.54) is 0 Å². The second-order valence-corrected chi connectivity index (χ2v) is 4.67. The quantitative estimate of drug-likeness (QED) is 0.845. The first-order valence-corrected chi connectivity index (χ1v) is 4.98. The number of hydrogen-bond acceptors (Lipinski definition) is 2. The van der Waals surface area contributed by atoms with E-state index >= 15 is 0 Å². The number of nitrogens with zero attached hydrogens (tertiary/aromatic N) is 1. The zero-order chi connectivity index (χ0) is 10.4. The smallest absolute Gasteiger partial charge is 0.252 e. The maximum absolute atomic E-state index is 12.7. The minimum absolute atomic E-state index is 0.294. The predicted octanol–water partition coefficient (Wildman–Crippen LogP) is 2.43. The number of rotatable bonds is 1. The van der Waals surface area contributed by atoms with Crippen LogP contribution in [-0.4, -0.2) is 10.9 Å². The Labute approximate surface area is 88.6 Å². The zero-order valence-electron chi connectivity index (χ0n) is 7.30. The monoisotopic (exact) mass is 262 g/mol. The van der Waals surface area contributed by atoms with Crippen molar-refractivity contribution in [1.29, 1.82) is 0 Å². The van der Waals surface area contributed by atoms with Gasteiger partial charge in [0, 0.05) is 29.7 Å². The molecule has 1 heterocycles. The Balaban J connectivity index is 2.25. The third-order valence-corrected chi connectivity index (χ3v) is 2.86. The second kappa shape index (κ2) is 2.97. The van der Waals surface area contributed by atoms with Crippen molar-refractivity contribution in [2.45, 2.75) is 24.3 Å². The van der Waals surface area contributed by atoms with Crippen molar-refractivity contribution in [3.8, 4) is 0 Å². The zero-order valence-corrected chi connectivity index (χ0v) is 8.89. The van der Waals surface area contributed by atoms with Crippen LogP contribution in [0.3, 0.4) is 0 Å². The first-order chi connectivity index (χ1) is 6.41. The molecule has 0 atom stereocenters. The van der Waals surface area contributed by atoms with Crippen LogP contribution < -0.4 is 5.73 Å². The van der Waals surface area contributed by atoms with E-state index in [9.17, 15) is 8.78 Å². The number of nitrogens with two attached hydrogens (primary N) is 1. The van der Waals surface area contributed by atoms with E-state index in [-0.39, 0.29) is 12.8 Å². The van der Waals surface area contributed by atoms with Gasteiger partial charge in [0.05, 0.1) is 5.54 Å². The Bertz CT molecular complexity index is 360. The van der Waals surface area contributed by atoms with E-state index in [2.05, 4.69) is 20.9 Å². The van der Waals surface area contributed by atoms with Gasteiger partial charge in [-0.1, -0.05) is 0 Å². The molecular weight excluding hydrogens is 254 g/mol. The van der Waals surface area contributed by atoms with Crippen molar-refractivity contribution in [2.75, 3.05) is 0 Å². The highest BCUT2D eigenvalue weighted by Crippen LogP contribution is 2.49. The van der Waals surface area contributed by atoms with Crippen LogP contribution in [0, 0.1) is 0 Å². The van der Waals surface area contributed by atoms with Crippen LogP contribution in [0.2, 0.25) is 0 Å². The van der Waals surface area contributed by atoms with Crippen LogP contribution in [0.15, 0.2) is 22.9 Å². The van der Waals surface area contributed by atoms with Gasteiger partial charge in [-0.2, -0.15) is 0 Å². The third-order valence-electron chi connectivity index (χ3n) is 2.43. The van der Waals surface area contributed by atoms with Crippen LogP contribution in [0.1, 0.15) is 18.4 Å². The van der Waals surface area contributed by atoms with Crippen LogP contribution in [-0.2, 0) is 5.54 Å². The minimum atomic E-state index is -2.61. The summed E-state index contributed by atoms with van der Waals surface area (Å²) in [4.78, 5) is 3.91. The van der Waals surface area contributed by atoms with Crippen molar-refractivity contribution in [3.63, 3.8) is 0 Å². The van der Waals surface area contributed by atoms with Gasteiger partial charge in [-0.15, -0.1) is 0 Å². The molecule has 1 aromatic rings. The average Bonchev–Trinajstić information content (AvgIpc) is 2.00. The molecule has 1 fully saturated rings. The average molecular weight is 263 g/mol. The Morgan fingerprint density at radius 1 is 1.36 bits per heavy atom. The van der Waals surface area contributed by atoms with Crippen LogP contribution in [0.4, 0.5) is 8.78 Å². The lowest BCUT2D eigenvalue weighted by Gasteiger charge is -2.44. The van der Waals surface area contributed by atoms with E-state index in [0.717, 1.165) is 4.47 Å². The van der Waals surface area contributed by atoms with Gasteiger partial charge in [0.1, 0.15) is 0 Å². The van der Waals surface area contributed by atoms with Gasteiger partial charge in [0.2, 0.25) is 0 Å². The molecule has 0 saturated heterocycles. The molecule has 5 heteroatoms. The van der Waals surface area contributed by atoms with Gasteiger partial charge in [-0.25, -0.2) is 8.78 Å². The fourth-order valence-electron chi connectivity index (χ4n) is 1.76. The lowest BCUT2D eigenvalue weighted by molar-refractivity contribution is -0.125. The summed E-state index contributed by atoms with van der Waals surface area (Å²) in [6.45, 7) is 0. The van der Waals surface area contributed by atoms with E-state index in [0.29, 0.717) is 5.56 Å². The highest BCUT2D eigenvalue weighted by Gasteiger charge is 2.55. The first kappa shape index (κ1) is 9.98. The van der Waals surface area contributed by atoms with Crippen molar-refractivity contribution >= 4 is 15.9 Å². The standard InChI is InChI=1S/C9H9BrF2N2/c10-7-1-6(2-14-3-7)8(13)4-9(11,12)5-8/h1-3H,4-5,13H2. The van der Waals surface area contributed by atoms with Gasteiger partial charge in [-0.05, 0) is 27.6 Å². The Kier molecular flexibility index (Phi) is 2.12. The van der Waals surface area contributed by atoms with Gasteiger partial charge in [0.15, 0.2) is 0 Å². The van der Waals surface area contributed by atoms with E-state index in [1.807, 2.05) is 0 Å². The molecule has 1 saturated carbocycles. The summed E-state index contributed by atoms with van der Waals surface area (Å²) in [6.07, 6.45) is 2.56. The fraction of sp³-hybridized carbons (Fsp3) is 0.444. The molecule has 0 spiro atoms. The van der Waals surface area contributed by atoms with Crippen LogP contribution >= 0.6 is 15.9 Å². The SMILES string of the molecule is NC1(c2cncc(Br)c2)CC(F)(F)C1. The topological polar surface area (TPSA) is 38.9 Å². The number of halogens is 3. The summed E-state index contributed by atoms with van der Waals surface area (Å²) in [5.41, 5.74) is 5.59. The molecule has 0 radical (unpaired) electrons. The highest BCUT2D eigenvalue weighted by molar-refractivity contribution is 9.10. The molecule has 1 aliphatic carbocycles.